The Labute approximate surface area is 114 Å². The highest BCUT2D eigenvalue weighted by Gasteiger charge is 2.33. The van der Waals surface area contributed by atoms with Crippen molar-refractivity contribution in [1.29, 1.82) is 0 Å². The summed E-state index contributed by atoms with van der Waals surface area (Å²) in [6, 6.07) is 0.324. The number of carboxylic acid groups (broad SMARTS) is 1. The lowest BCUT2D eigenvalue weighted by Crippen LogP contribution is -2.56. The van der Waals surface area contributed by atoms with Crippen molar-refractivity contribution in [3.8, 4) is 0 Å². The molecule has 0 bridgehead atoms. The third-order valence-electron chi connectivity index (χ3n) is 3.99. The van der Waals surface area contributed by atoms with E-state index in [1.54, 1.807) is 6.92 Å². The zero-order chi connectivity index (χ0) is 14.3. The summed E-state index contributed by atoms with van der Waals surface area (Å²) in [5.74, 6) is -1.22. The minimum atomic E-state index is -0.832. The van der Waals surface area contributed by atoms with E-state index < -0.39 is 11.5 Å². The van der Waals surface area contributed by atoms with E-state index in [-0.39, 0.29) is 12.3 Å². The third-order valence-corrected chi connectivity index (χ3v) is 3.99. The predicted molar refractivity (Wildman–Crippen MR) is 73.7 cm³/mol. The predicted octanol–water partition coefficient (Wildman–Crippen LogP) is 1.80. The van der Waals surface area contributed by atoms with Crippen LogP contribution in [0.5, 0.6) is 0 Å². The molecule has 0 aromatic carbocycles. The zero-order valence-corrected chi connectivity index (χ0v) is 11.8. The molecule has 0 saturated heterocycles. The Balaban J connectivity index is 2.53. The molecule has 1 unspecified atom stereocenters. The molecule has 1 aliphatic carbocycles. The lowest BCUT2D eigenvalue weighted by molar-refractivity contribution is -0.137. The molecule has 0 spiro atoms. The monoisotopic (exact) mass is 270 g/mol. The average molecular weight is 270 g/mol. The van der Waals surface area contributed by atoms with E-state index in [1.165, 1.54) is 25.7 Å². The van der Waals surface area contributed by atoms with E-state index in [1.807, 2.05) is 0 Å². The molecule has 0 heterocycles. The number of nitrogens with one attached hydrogen (secondary N) is 1. The van der Waals surface area contributed by atoms with E-state index in [9.17, 15) is 9.59 Å². The molecule has 1 amide bonds. The van der Waals surface area contributed by atoms with Crippen LogP contribution >= 0.6 is 0 Å². The second kappa shape index (κ2) is 7.48. The molecule has 5 nitrogen and oxygen atoms in total. The van der Waals surface area contributed by atoms with Gasteiger partial charge in [0.15, 0.2) is 0 Å². The van der Waals surface area contributed by atoms with Gasteiger partial charge in [-0.2, -0.15) is 0 Å². The van der Waals surface area contributed by atoms with E-state index >= 15 is 0 Å². The summed E-state index contributed by atoms with van der Waals surface area (Å²) < 4.78 is 0. The SMILES string of the molecule is CC(CCCC(=O)O)(NC1CCCCCC1)C(N)=O. The number of aliphatic carboxylic acids is 1. The van der Waals surface area contributed by atoms with Crippen molar-refractivity contribution in [3.63, 3.8) is 0 Å². The van der Waals surface area contributed by atoms with E-state index in [0.717, 1.165) is 12.8 Å². The summed E-state index contributed by atoms with van der Waals surface area (Å²) in [5.41, 5.74) is 4.71. The zero-order valence-electron chi connectivity index (χ0n) is 11.8. The number of primary amides is 1. The summed E-state index contributed by atoms with van der Waals surface area (Å²) in [4.78, 5) is 22.2. The molecule has 19 heavy (non-hydrogen) atoms. The number of carboxylic acids is 1. The van der Waals surface area contributed by atoms with E-state index in [2.05, 4.69) is 5.32 Å². The first-order valence-electron chi connectivity index (χ1n) is 7.23. The molecule has 0 aromatic rings. The number of nitrogens with two attached hydrogens (primary N) is 1. The van der Waals surface area contributed by atoms with Gasteiger partial charge in [0.25, 0.3) is 0 Å². The first-order chi connectivity index (χ1) is 8.94. The highest BCUT2D eigenvalue weighted by Crippen LogP contribution is 2.22. The third kappa shape index (κ3) is 5.59. The van der Waals surface area contributed by atoms with Crippen LogP contribution in [0.2, 0.25) is 0 Å². The van der Waals surface area contributed by atoms with Gasteiger partial charge in [-0.05, 0) is 32.6 Å². The maximum atomic E-state index is 11.7. The topological polar surface area (TPSA) is 92.4 Å². The van der Waals surface area contributed by atoms with Gasteiger partial charge in [-0.25, -0.2) is 0 Å². The molecular formula is C14H26N2O3. The van der Waals surface area contributed by atoms with Crippen molar-refractivity contribution in [2.24, 2.45) is 5.73 Å². The summed E-state index contributed by atoms with van der Waals surface area (Å²) >= 11 is 0. The molecule has 1 fully saturated rings. The minimum absolute atomic E-state index is 0.0786. The first kappa shape index (κ1) is 16.0. The summed E-state index contributed by atoms with van der Waals surface area (Å²) in [5, 5.41) is 12.0. The van der Waals surface area contributed by atoms with Crippen LogP contribution in [-0.4, -0.2) is 28.6 Å². The summed E-state index contributed by atoms with van der Waals surface area (Å²) in [6.07, 6.45) is 8.04. The van der Waals surface area contributed by atoms with E-state index in [4.69, 9.17) is 10.8 Å². The van der Waals surface area contributed by atoms with Gasteiger partial charge in [0.1, 0.15) is 0 Å². The summed E-state index contributed by atoms with van der Waals surface area (Å²) in [6.45, 7) is 1.79. The van der Waals surface area contributed by atoms with Gasteiger partial charge in [-0.3, -0.25) is 9.59 Å². The Kier molecular flexibility index (Phi) is 6.28. The van der Waals surface area contributed by atoms with Crippen LogP contribution in [0.25, 0.3) is 0 Å². The Morgan fingerprint density at radius 2 is 1.84 bits per heavy atom. The molecular weight excluding hydrogens is 244 g/mol. The fourth-order valence-electron chi connectivity index (χ4n) is 2.73. The highest BCUT2D eigenvalue weighted by atomic mass is 16.4. The Bertz CT molecular complexity index is 312. The number of hydrogen-bond donors (Lipinski definition) is 3. The molecule has 1 saturated carbocycles. The van der Waals surface area contributed by atoms with Gasteiger partial charge in [0.05, 0.1) is 5.54 Å². The lowest BCUT2D eigenvalue weighted by atomic mass is 9.91. The molecule has 110 valence electrons. The fourth-order valence-corrected chi connectivity index (χ4v) is 2.73. The van der Waals surface area contributed by atoms with Crippen LogP contribution in [0.1, 0.15) is 64.7 Å². The van der Waals surface area contributed by atoms with Gasteiger partial charge >= 0.3 is 5.97 Å². The van der Waals surface area contributed by atoms with Crippen molar-refractivity contribution in [1.82, 2.24) is 5.32 Å². The second-order valence-electron chi connectivity index (χ2n) is 5.78. The van der Waals surface area contributed by atoms with Gasteiger partial charge in [0, 0.05) is 12.5 Å². The van der Waals surface area contributed by atoms with Crippen LogP contribution in [0.4, 0.5) is 0 Å². The standard InChI is InChI=1S/C14H26N2O3/c1-14(13(15)19,10-6-9-12(17)18)16-11-7-4-2-3-5-8-11/h11,16H,2-10H2,1H3,(H2,15,19)(H,17,18). The molecule has 4 N–H and O–H groups in total. The van der Waals surface area contributed by atoms with Crippen LogP contribution in [-0.2, 0) is 9.59 Å². The van der Waals surface area contributed by atoms with Crippen LogP contribution in [0.15, 0.2) is 0 Å². The Morgan fingerprint density at radius 3 is 2.32 bits per heavy atom. The normalized spacial score (nSPS) is 20.5. The van der Waals surface area contributed by atoms with Crippen molar-refractivity contribution < 1.29 is 14.7 Å². The molecule has 1 aliphatic rings. The molecule has 1 rings (SSSR count). The van der Waals surface area contributed by atoms with Crippen molar-refractivity contribution in [3.05, 3.63) is 0 Å². The largest absolute Gasteiger partial charge is 0.481 e. The molecule has 0 aromatic heterocycles. The van der Waals surface area contributed by atoms with Crippen molar-refractivity contribution in [2.75, 3.05) is 0 Å². The number of amides is 1. The van der Waals surface area contributed by atoms with Crippen LogP contribution < -0.4 is 11.1 Å². The molecule has 0 aliphatic heterocycles. The van der Waals surface area contributed by atoms with Crippen molar-refractivity contribution in [2.45, 2.75) is 76.3 Å². The minimum Gasteiger partial charge on any atom is -0.481 e. The van der Waals surface area contributed by atoms with Crippen LogP contribution in [0.3, 0.4) is 0 Å². The van der Waals surface area contributed by atoms with Crippen LogP contribution in [0, 0.1) is 0 Å². The maximum Gasteiger partial charge on any atom is 0.303 e. The van der Waals surface area contributed by atoms with Gasteiger partial charge in [0.2, 0.25) is 5.91 Å². The Morgan fingerprint density at radius 1 is 1.26 bits per heavy atom. The number of rotatable bonds is 7. The fraction of sp³-hybridized carbons (Fsp3) is 0.857. The molecule has 1 atom stereocenters. The molecule has 0 radical (unpaired) electrons. The number of carbonyl (C=O) groups excluding carboxylic acids is 1. The van der Waals surface area contributed by atoms with Gasteiger partial charge in [-0.1, -0.05) is 25.7 Å². The lowest BCUT2D eigenvalue weighted by Gasteiger charge is -2.32. The second-order valence-corrected chi connectivity index (χ2v) is 5.78. The van der Waals surface area contributed by atoms with Crippen molar-refractivity contribution >= 4 is 11.9 Å². The highest BCUT2D eigenvalue weighted by molar-refractivity contribution is 5.84. The number of carbonyl (C=O) groups is 2. The first-order valence-corrected chi connectivity index (χ1v) is 7.23. The Hall–Kier alpha value is -1.10. The van der Waals surface area contributed by atoms with Gasteiger partial charge in [-0.15, -0.1) is 0 Å². The van der Waals surface area contributed by atoms with E-state index in [0.29, 0.717) is 18.9 Å². The summed E-state index contributed by atoms with van der Waals surface area (Å²) in [7, 11) is 0. The smallest absolute Gasteiger partial charge is 0.303 e. The molecule has 5 heteroatoms. The number of hydrogen-bond acceptors (Lipinski definition) is 3. The average Bonchev–Trinajstić information content (AvgIpc) is 2.56. The van der Waals surface area contributed by atoms with Gasteiger partial charge < -0.3 is 16.2 Å². The quantitative estimate of drug-likeness (QED) is 0.615. The maximum absolute atomic E-state index is 11.7.